The minimum Gasteiger partial charge on any atom is -0.481 e. The second-order valence-corrected chi connectivity index (χ2v) is 7.14. The Labute approximate surface area is 149 Å². The van der Waals surface area contributed by atoms with Crippen LogP contribution in [-0.2, 0) is 4.79 Å². The topological polar surface area (TPSA) is 83.6 Å². The van der Waals surface area contributed by atoms with Crippen LogP contribution in [0.3, 0.4) is 0 Å². The number of likely N-dealkylation sites (tertiary alicyclic amines) is 1. The van der Waals surface area contributed by atoms with Crippen molar-refractivity contribution in [2.45, 2.75) is 24.7 Å². The summed E-state index contributed by atoms with van der Waals surface area (Å²) in [5, 5.41) is 14.1. The van der Waals surface area contributed by atoms with Gasteiger partial charge in [-0.15, -0.1) is 0 Å². The largest absolute Gasteiger partial charge is 0.481 e. The van der Waals surface area contributed by atoms with Gasteiger partial charge in [0, 0.05) is 36.0 Å². The minimum atomic E-state index is -0.911. The van der Waals surface area contributed by atoms with Crippen LogP contribution in [0.15, 0.2) is 34.9 Å². The molecule has 1 saturated carbocycles. The van der Waals surface area contributed by atoms with Crippen LogP contribution in [-0.4, -0.2) is 40.1 Å². The Hall–Kier alpha value is -2.34. The van der Waals surface area contributed by atoms with Crippen molar-refractivity contribution >= 4 is 23.5 Å². The van der Waals surface area contributed by atoms with Crippen molar-refractivity contribution in [2.75, 3.05) is 13.1 Å². The fourth-order valence-electron chi connectivity index (χ4n) is 3.38. The summed E-state index contributed by atoms with van der Waals surface area (Å²) in [6.07, 6.45) is 2.15. The van der Waals surface area contributed by atoms with Gasteiger partial charge in [-0.3, -0.25) is 9.59 Å². The minimum absolute atomic E-state index is 0.154. The highest BCUT2D eigenvalue weighted by Crippen LogP contribution is 2.40. The van der Waals surface area contributed by atoms with Crippen LogP contribution in [0.4, 0.5) is 0 Å². The maximum absolute atomic E-state index is 12.7. The maximum atomic E-state index is 12.7. The van der Waals surface area contributed by atoms with Crippen molar-refractivity contribution in [1.29, 1.82) is 0 Å². The SMILES string of the molecule is O=C(O)[C@@H]1CN(C(=O)c2cc(C3CC3)no2)C[C@H]1c1ccc(Cl)cc1. The number of hydrogen-bond acceptors (Lipinski definition) is 4. The number of carboxylic acid groups (broad SMARTS) is 1. The predicted octanol–water partition coefficient (Wildman–Crippen LogP) is 3.15. The second-order valence-electron chi connectivity index (χ2n) is 6.70. The lowest BCUT2D eigenvalue weighted by molar-refractivity contribution is -0.141. The fraction of sp³-hybridized carbons (Fsp3) is 0.389. The molecule has 1 aliphatic heterocycles. The highest BCUT2D eigenvalue weighted by atomic mass is 35.5. The number of carbonyl (C=O) groups excluding carboxylic acids is 1. The molecule has 1 aromatic carbocycles. The van der Waals surface area contributed by atoms with E-state index in [-0.39, 0.29) is 24.1 Å². The van der Waals surface area contributed by atoms with Gasteiger partial charge in [-0.1, -0.05) is 28.9 Å². The average Bonchev–Trinajstić information content (AvgIpc) is 3.16. The van der Waals surface area contributed by atoms with Crippen LogP contribution < -0.4 is 0 Å². The highest BCUT2D eigenvalue weighted by molar-refractivity contribution is 6.30. The van der Waals surface area contributed by atoms with E-state index in [0.29, 0.717) is 17.5 Å². The summed E-state index contributed by atoms with van der Waals surface area (Å²) in [6, 6.07) is 8.79. The zero-order valence-electron chi connectivity index (χ0n) is 13.4. The first kappa shape index (κ1) is 16.1. The Morgan fingerprint density at radius 1 is 1.20 bits per heavy atom. The summed E-state index contributed by atoms with van der Waals surface area (Å²) in [6.45, 7) is 0.484. The average molecular weight is 361 g/mol. The number of aromatic nitrogens is 1. The fourth-order valence-corrected chi connectivity index (χ4v) is 3.51. The van der Waals surface area contributed by atoms with Crippen LogP contribution in [0.5, 0.6) is 0 Å². The molecule has 130 valence electrons. The molecule has 1 aliphatic carbocycles. The Kier molecular flexibility index (Phi) is 4.00. The molecule has 2 heterocycles. The first-order valence-electron chi connectivity index (χ1n) is 8.27. The van der Waals surface area contributed by atoms with Crippen molar-refractivity contribution in [3.05, 3.63) is 52.4 Å². The lowest BCUT2D eigenvalue weighted by Gasteiger charge is -2.15. The molecule has 0 unspecified atom stereocenters. The van der Waals surface area contributed by atoms with Gasteiger partial charge in [-0.2, -0.15) is 0 Å². The number of nitrogens with zero attached hydrogens (tertiary/aromatic N) is 2. The van der Waals surface area contributed by atoms with E-state index in [1.54, 1.807) is 18.2 Å². The zero-order chi connectivity index (χ0) is 17.6. The summed E-state index contributed by atoms with van der Waals surface area (Å²) >= 11 is 5.91. The van der Waals surface area contributed by atoms with Crippen LogP contribution in [0.2, 0.25) is 5.02 Å². The highest BCUT2D eigenvalue weighted by Gasteiger charge is 2.41. The van der Waals surface area contributed by atoms with Gasteiger partial charge < -0.3 is 14.5 Å². The maximum Gasteiger partial charge on any atom is 0.308 e. The molecule has 0 radical (unpaired) electrons. The third kappa shape index (κ3) is 3.14. The summed E-state index contributed by atoms with van der Waals surface area (Å²) < 4.78 is 5.19. The molecule has 1 N–H and O–H groups in total. The van der Waals surface area contributed by atoms with Gasteiger partial charge >= 0.3 is 5.97 Å². The van der Waals surface area contributed by atoms with E-state index in [4.69, 9.17) is 16.1 Å². The summed E-state index contributed by atoms with van der Waals surface area (Å²) in [7, 11) is 0. The van der Waals surface area contributed by atoms with E-state index >= 15 is 0 Å². The molecular weight excluding hydrogens is 344 g/mol. The molecule has 1 saturated heterocycles. The molecule has 4 rings (SSSR count). The molecular formula is C18H17ClN2O4. The molecule has 2 aliphatic rings. The first-order chi connectivity index (χ1) is 12.0. The van der Waals surface area contributed by atoms with Gasteiger partial charge in [0.2, 0.25) is 5.76 Å². The molecule has 7 heteroatoms. The first-order valence-corrected chi connectivity index (χ1v) is 8.65. The van der Waals surface area contributed by atoms with Gasteiger partial charge in [-0.05, 0) is 30.5 Å². The van der Waals surface area contributed by atoms with E-state index in [1.807, 2.05) is 12.1 Å². The van der Waals surface area contributed by atoms with Gasteiger partial charge in [0.1, 0.15) is 0 Å². The molecule has 6 nitrogen and oxygen atoms in total. The number of benzene rings is 1. The van der Waals surface area contributed by atoms with Gasteiger partial charge in [0.25, 0.3) is 5.91 Å². The third-order valence-corrected chi connectivity index (χ3v) is 5.21. The summed E-state index contributed by atoms with van der Waals surface area (Å²) in [5.41, 5.74) is 1.68. The van der Waals surface area contributed by atoms with Gasteiger partial charge in [0.15, 0.2) is 0 Å². The predicted molar refractivity (Wildman–Crippen MR) is 89.7 cm³/mol. The number of carbonyl (C=O) groups is 2. The van der Waals surface area contributed by atoms with Crippen LogP contribution in [0.25, 0.3) is 0 Å². The Bertz CT molecular complexity index is 813. The summed E-state index contributed by atoms with van der Waals surface area (Å²) in [4.78, 5) is 25.9. The number of carboxylic acids is 1. The van der Waals surface area contributed by atoms with Gasteiger partial charge in [0.05, 0.1) is 11.6 Å². The van der Waals surface area contributed by atoms with Crippen molar-refractivity contribution in [3.8, 4) is 0 Å². The van der Waals surface area contributed by atoms with E-state index in [2.05, 4.69) is 5.16 Å². The number of halogens is 1. The standard InChI is InChI=1S/C18H17ClN2O4/c19-12-5-3-10(4-6-12)13-8-21(9-14(13)18(23)24)17(22)16-7-15(20-25-16)11-1-2-11/h3-7,11,13-14H,1-2,8-9H2,(H,23,24)/t13-,14+/m0/s1. The van der Waals surface area contributed by atoms with Crippen molar-refractivity contribution < 1.29 is 19.2 Å². The van der Waals surface area contributed by atoms with Gasteiger partial charge in [-0.25, -0.2) is 0 Å². The lowest BCUT2D eigenvalue weighted by atomic mass is 9.89. The van der Waals surface area contributed by atoms with Crippen molar-refractivity contribution in [2.24, 2.45) is 5.92 Å². The number of amides is 1. The quantitative estimate of drug-likeness (QED) is 0.905. The van der Waals surface area contributed by atoms with Crippen molar-refractivity contribution in [3.63, 3.8) is 0 Å². The normalized spacial score (nSPS) is 23.0. The van der Waals surface area contributed by atoms with Crippen LogP contribution in [0.1, 0.15) is 46.5 Å². The van der Waals surface area contributed by atoms with E-state index < -0.39 is 11.9 Å². The second kappa shape index (κ2) is 6.19. The lowest BCUT2D eigenvalue weighted by Crippen LogP contribution is -2.29. The molecule has 1 aromatic heterocycles. The molecule has 1 amide bonds. The Balaban J connectivity index is 1.55. The van der Waals surface area contributed by atoms with Crippen molar-refractivity contribution in [1.82, 2.24) is 10.1 Å². The zero-order valence-corrected chi connectivity index (χ0v) is 14.1. The smallest absolute Gasteiger partial charge is 0.308 e. The third-order valence-electron chi connectivity index (χ3n) is 4.96. The molecule has 0 spiro atoms. The van der Waals surface area contributed by atoms with E-state index in [1.165, 1.54) is 4.90 Å². The molecule has 2 fully saturated rings. The number of rotatable bonds is 4. The van der Waals surface area contributed by atoms with E-state index in [0.717, 1.165) is 24.1 Å². The van der Waals surface area contributed by atoms with Crippen LogP contribution in [0, 0.1) is 5.92 Å². The Morgan fingerprint density at radius 2 is 1.92 bits per heavy atom. The molecule has 25 heavy (non-hydrogen) atoms. The number of aliphatic carboxylic acids is 1. The Morgan fingerprint density at radius 3 is 2.56 bits per heavy atom. The van der Waals surface area contributed by atoms with Crippen LogP contribution >= 0.6 is 11.6 Å². The summed E-state index contributed by atoms with van der Waals surface area (Å²) in [5.74, 6) is -1.56. The van der Waals surface area contributed by atoms with E-state index in [9.17, 15) is 14.7 Å². The molecule has 0 bridgehead atoms. The molecule has 2 aromatic rings. The number of hydrogen-bond donors (Lipinski definition) is 1. The molecule has 2 atom stereocenters. The monoisotopic (exact) mass is 360 g/mol.